The molecule has 23 heavy (non-hydrogen) atoms. The number of rotatable bonds is 6. The molecule has 0 N–H and O–H groups in total. The van der Waals surface area contributed by atoms with E-state index in [0.29, 0.717) is 0 Å². The first kappa shape index (κ1) is 17.0. The van der Waals surface area contributed by atoms with Crippen LogP contribution in [0.25, 0.3) is 0 Å². The highest BCUT2D eigenvalue weighted by atomic mass is 32.2. The lowest BCUT2D eigenvalue weighted by molar-refractivity contribution is 0.592. The molecule has 120 valence electrons. The minimum atomic E-state index is -3.50. The van der Waals surface area contributed by atoms with Crippen molar-refractivity contribution in [2.75, 3.05) is 12.9 Å². The molecule has 0 spiro atoms. The number of hydrogen-bond donors (Lipinski definition) is 0. The van der Waals surface area contributed by atoms with Crippen molar-refractivity contribution >= 4 is 9.84 Å². The fraction of sp³-hybridized carbons (Fsp3) is 0.250. The highest BCUT2D eigenvalue weighted by Crippen LogP contribution is 2.20. The van der Waals surface area contributed by atoms with Crippen molar-refractivity contribution in [1.29, 1.82) is 0 Å². The molecule has 2 rings (SSSR count). The van der Waals surface area contributed by atoms with Crippen LogP contribution in [-0.4, -0.2) is 21.3 Å². The highest BCUT2D eigenvalue weighted by Gasteiger charge is 2.14. The minimum Gasteiger partial charge on any atom is -0.222 e. The van der Waals surface area contributed by atoms with Gasteiger partial charge in [-0.15, -0.1) is 0 Å². The molecule has 0 heterocycles. The van der Waals surface area contributed by atoms with Crippen molar-refractivity contribution in [3.05, 3.63) is 65.7 Å². The Kier molecular flexibility index (Phi) is 5.70. The van der Waals surface area contributed by atoms with Crippen LogP contribution in [-0.2, 0) is 9.84 Å². The fourth-order valence-electron chi connectivity index (χ4n) is 1.90. The van der Waals surface area contributed by atoms with Crippen molar-refractivity contribution in [3.63, 3.8) is 0 Å². The highest BCUT2D eigenvalue weighted by molar-refractivity contribution is 7.91. The Bertz CT molecular complexity index is 785. The summed E-state index contributed by atoms with van der Waals surface area (Å²) in [5.74, 6) is -0.418. The van der Waals surface area contributed by atoms with Crippen molar-refractivity contribution in [2.45, 2.75) is 18.0 Å². The molecule has 2 aromatic carbocycles. The third-order valence-electron chi connectivity index (χ3n) is 3.12. The predicted molar refractivity (Wildman–Crippen MR) is 88.1 cm³/mol. The first-order valence-electron chi connectivity index (χ1n) is 7.03. The maximum atomic E-state index is 12.2. The van der Waals surface area contributed by atoms with E-state index in [-0.39, 0.29) is 4.90 Å². The SMILES string of the molecule is CN=NC(N=NCS(=O)(=O)c1ccc(C)cc1)c1ccccc1. The zero-order valence-corrected chi connectivity index (χ0v) is 13.8. The summed E-state index contributed by atoms with van der Waals surface area (Å²) in [6.07, 6.45) is -0.630. The van der Waals surface area contributed by atoms with Crippen LogP contribution in [0.5, 0.6) is 0 Å². The van der Waals surface area contributed by atoms with E-state index < -0.39 is 21.9 Å². The van der Waals surface area contributed by atoms with E-state index in [1.54, 1.807) is 24.3 Å². The molecule has 0 radical (unpaired) electrons. The summed E-state index contributed by atoms with van der Waals surface area (Å²) < 4.78 is 24.4. The van der Waals surface area contributed by atoms with E-state index in [4.69, 9.17) is 0 Å². The Hall–Kier alpha value is -2.41. The molecular formula is C16H18N4O2S. The zero-order chi connectivity index (χ0) is 16.7. The quantitative estimate of drug-likeness (QED) is 0.751. The maximum absolute atomic E-state index is 12.2. The lowest BCUT2D eigenvalue weighted by Gasteiger charge is -2.05. The molecule has 0 bridgehead atoms. The first-order valence-corrected chi connectivity index (χ1v) is 8.68. The summed E-state index contributed by atoms with van der Waals surface area (Å²) in [5, 5.41) is 15.5. The maximum Gasteiger partial charge on any atom is 0.205 e. The topological polar surface area (TPSA) is 83.6 Å². The van der Waals surface area contributed by atoms with Gasteiger partial charge in [-0.3, -0.25) is 0 Å². The van der Waals surface area contributed by atoms with Crippen molar-refractivity contribution in [3.8, 4) is 0 Å². The third kappa shape index (κ3) is 4.79. The predicted octanol–water partition coefficient (Wildman–Crippen LogP) is 3.96. The van der Waals surface area contributed by atoms with Gasteiger partial charge in [0.05, 0.1) is 4.90 Å². The summed E-state index contributed by atoms with van der Waals surface area (Å²) >= 11 is 0. The molecule has 0 aliphatic heterocycles. The Morgan fingerprint density at radius 2 is 1.61 bits per heavy atom. The van der Waals surface area contributed by atoms with Crippen LogP contribution in [0.4, 0.5) is 0 Å². The van der Waals surface area contributed by atoms with Crippen LogP contribution in [0.1, 0.15) is 17.3 Å². The van der Waals surface area contributed by atoms with Gasteiger partial charge in [0.1, 0.15) is 0 Å². The van der Waals surface area contributed by atoms with E-state index in [1.807, 2.05) is 37.3 Å². The molecule has 0 aliphatic rings. The Morgan fingerprint density at radius 1 is 0.957 bits per heavy atom. The number of azo groups is 2. The van der Waals surface area contributed by atoms with Gasteiger partial charge >= 0.3 is 0 Å². The van der Waals surface area contributed by atoms with E-state index in [2.05, 4.69) is 20.5 Å². The van der Waals surface area contributed by atoms with E-state index in [1.165, 1.54) is 7.05 Å². The summed E-state index contributed by atoms with van der Waals surface area (Å²) in [6.45, 7) is 1.90. The van der Waals surface area contributed by atoms with Crippen molar-refractivity contribution < 1.29 is 8.42 Å². The Morgan fingerprint density at radius 3 is 2.22 bits per heavy atom. The molecule has 0 aromatic heterocycles. The summed E-state index contributed by atoms with van der Waals surface area (Å²) in [5.41, 5.74) is 1.80. The number of hydrogen-bond acceptors (Lipinski definition) is 6. The molecule has 2 aromatic rings. The number of sulfone groups is 1. The molecule has 6 nitrogen and oxygen atoms in total. The van der Waals surface area contributed by atoms with Gasteiger partial charge in [-0.05, 0) is 19.1 Å². The molecule has 1 unspecified atom stereocenters. The minimum absolute atomic E-state index is 0.232. The van der Waals surface area contributed by atoms with Gasteiger partial charge in [-0.25, -0.2) is 8.42 Å². The lowest BCUT2D eigenvalue weighted by atomic mass is 10.2. The Balaban J connectivity index is 2.13. The van der Waals surface area contributed by atoms with Gasteiger partial charge in [0.2, 0.25) is 6.17 Å². The summed E-state index contributed by atoms with van der Waals surface area (Å²) in [7, 11) is -1.97. The van der Waals surface area contributed by atoms with Crippen LogP contribution < -0.4 is 0 Å². The molecule has 0 saturated heterocycles. The molecule has 1 atom stereocenters. The summed E-state index contributed by atoms with van der Waals surface area (Å²) in [4.78, 5) is 0.232. The van der Waals surface area contributed by atoms with Crippen molar-refractivity contribution in [1.82, 2.24) is 0 Å². The monoisotopic (exact) mass is 330 g/mol. The fourth-order valence-corrected chi connectivity index (χ4v) is 2.82. The second-order valence-electron chi connectivity index (χ2n) is 4.91. The van der Waals surface area contributed by atoms with Crippen molar-refractivity contribution in [2.24, 2.45) is 20.5 Å². The zero-order valence-electron chi connectivity index (χ0n) is 13.0. The van der Waals surface area contributed by atoms with Crippen LogP contribution in [0.15, 0.2) is 79.9 Å². The number of benzene rings is 2. The van der Waals surface area contributed by atoms with Crippen LogP contribution in [0.3, 0.4) is 0 Å². The second kappa shape index (κ2) is 7.73. The molecule has 0 fully saturated rings. The molecule has 7 heteroatoms. The average molecular weight is 330 g/mol. The molecule has 0 saturated carbocycles. The third-order valence-corrected chi connectivity index (χ3v) is 4.57. The van der Waals surface area contributed by atoms with E-state index in [0.717, 1.165) is 11.1 Å². The standard InChI is InChI=1S/C16H18N4O2S/c1-13-8-10-15(11-9-13)23(21,22)12-18-20-16(19-17-2)14-6-4-3-5-7-14/h3-11,16H,12H2,1-2H3. The second-order valence-corrected chi connectivity index (χ2v) is 6.87. The first-order chi connectivity index (χ1) is 11.0. The van der Waals surface area contributed by atoms with Gasteiger partial charge < -0.3 is 0 Å². The van der Waals surface area contributed by atoms with Gasteiger partial charge in [0, 0.05) is 12.6 Å². The normalized spacial score (nSPS) is 13.7. The average Bonchev–Trinajstić information content (AvgIpc) is 2.55. The molecule has 0 amide bonds. The van der Waals surface area contributed by atoms with Crippen LogP contribution in [0, 0.1) is 6.92 Å². The Labute approximate surface area is 135 Å². The lowest BCUT2D eigenvalue weighted by Crippen LogP contribution is -2.04. The smallest absolute Gasteiger partial charge is 0.205 e. The van der Waals surface area contributed by atoms with Gasteiger partial charge in [-0.1, -0.05) is 48.0 Å². The molecular weight excluding hydrogens is 312 g/mol. The van der Waals surface area contributed by atoms with Gasteiger partial charge in [0.25, 0.3) is 0 Å². The number of aryl methyl sites for hydroxylation is 1. The van der Waals surface area contributed by atoms with Crippen LogP contribution in [0.2, 0.25) is 0 Å². The van der Waals surface area contributed by atoms with E-state index >= 15 is 0 Å². The van der Waals surface area contributed by atoms with Gasteiger partial charge in [-0.2, -0.15) is 20.5 Å². The summed E-state index contributed by atoms with van der Waals surface area (Å²) in [6, 6.07) is 15.9. The van der Waals surface area contributed by atoms with Crippen LogP contribution >= 0.6 is 0 Å². The number of nitrogens with zero attached hydrogens (tertiary/aromatic N) is 4. The van der Waals surface area contributed by atoms with E-state index in [9.17, 15) is 8.42 Å². The molecule has 0 aliphatic carbocycles. The largest absolute Gasteiger partial charge is 0.222 e. The van der Waals surface area contributed by atoms with Gasteiger partial charge in [0.15, 0.2) is 15.7 Å².